The Balaban J connectivity index is 1.96. The fourth-order valence-electron chi connectivity index (χ4n) is 2.96. The molecule has 0 spiro atoms. The van der Waals surface area contributed by atoms with Crippen molar-refractivity contribution in [3.63, 3.8) is 0 Å². The van der Waals surface area contributed by atoms with E-state index in [1.54, 1.807) is 36.4 Å². The third kappa shape index (κ3) is 2.41. The van der Waals surface area contributed by atoms with E-state index in [4.69, 9.17) is 16.3 Å². The summed E-state index contributed by atoms with van der Waals surface area (Å²) in [6, 6.07) is 12.7. The number of nitrogens with zero attached hydrogens (tertiary/aromatic N) is 1. The smallest absolute Gasteiger partial charge is 0.339 e. The van der Waals surface area contributed by atoms with Gasteiger partial charge >= 0.3 is 11.7 Å². The van der Waals surface area contributed by atoms with Gasteiger partial charge in [-0.3, -0.25) is 9.78 Å². The van der Waals surface area contributed by atoms with Gasteiger partial charge in [0.1, 0.15) is 5.56 Å². The van der Waals surface area contributed by atoms with Crippen molar-refractivity contribution in [2.24, 2.45) is 0 Å². The molecule has 0 fully saturated rings. The van der Waals surface area contributed by atoms with Gasteiger partial charge in [-0.25, -0.2) is 14.2 Å². The minimum Gasteiger partial charge on any atom is -0.494 e. The van der Waals surface area contributed by atoms with Crippen LogP contribution in [0.1, 0.15) is 27.6 Å². The van der Waals surface area contributed by atoms with Gasteiger partial charge in [0.2, 0.25) is 5.88 Å². The highest BCUT2D eigenvalue weighted by Crippen LogP contribution is 2.37. The van der Waals surface area contributed by atoms with Crippen LogP contribution in [0.4, 0.5) is 0 Å². The molecule has 0 bridgehead atoms. The van der Waals surface area contributed by atoms with Gasteiger partial charge in [-0.2, -0.15) is 0 Å². The van der Waals surface area contributed by atoms with Gasteiger partial charge in [-0.1, -0.05) is 29.8 Å². The molecule has 26 heavy (non-hydrogen) atoms. The van der Waals surface area contributed by atoms with E-state index < -0.39 is 29.2 Å². The molecule has 1 aliphatic rings. The average Bonchev–Trinajstić information content (AvgIpc) is 2.93. The van der Waals surface area contributed by atoms with E-state index in [-0.39, 0.29) is 5.56 Å². The van der Waals surface area contributed by atoms with E-state index in [2.05, 4.69) is 4.98 Å². The highest BCUT2D eigenvalue weighted by atomic mass is 35.5. The first-order valence-corrected chi connectivity index (χ1v) is 7.99. The first-order valence-electron chi connectivity index (χ1n) is 7.61. The largest absolute Gasteiger partial charge is 0.494 e. The first-order chi connectivity index (χ1) is 12.5. The van der Waals surface area contributed by atoms with E-state index in [0.717, 1.165) is 4.57 Å². The van der Waals surface area contributed by atoms with Crippen LogP contribution in [-0.2, 0) is 4.74 Å². The summed E-state index contributed by atoms with van der Waals surface area (Å²) >= 11 is 5.85. The topological polar surface area (TPSA) is 101 Å². The lowest BCUT2D eigenvalue weighted by atomic mass is 10.0. The number of benzene rings is 2. The molecule has 0 saturated carbocycles. The molecule has 4 rings (SSSR count). The van der Waals surface area contributed by atoms with Crippen LogP contribution in [-0.4, -0.2) is 20.6 Å². The highest BCUT2D eigenvalue weighted by Gasteiger charge is 2.36. The lowest BCUT2D eigenvalue weighted by Gasteiger charge is -2.15. The molecule has 8 heteroatoms. The summed E-state index contributed by atoms with van der Waals surface area (Å²) in [6.07, 6.45) is -1.11. The maximum Gasteiger partial charge on any atom is 0.339 e. The summed E-state index contributed by atoms with van der Waals surface area (Å²) in [7, 11) is 0. The van der Waals surface area contributed by atoms with Crippen LogP contribution in [0.3, 0.4) is 0 Å². The maximum absolute atomic E-state index is 12.4. The van der Waals surface area contributed by atoms with E-state index in [9.17, 15) is 19.5 Å². The monoisotopic (exact) mass is 370 g/mol. The molecule has 2 heterocycles. The number of rotatable bonds is 2. The molecule has 1 atom stereocenters. The molecule has 0 aliphatic carbocycles. The Morgan fingerprint density at radius 1 is 1.04 bits per heavy atom. The quantitative estimate of drug-likeness (QED) is 0.673. The number of esters is 1. The van der Waals surface area contributed by atoms with E-state index in [0.29, 0.717) is 21.8 Å². The van der Waals surface area contributed by atoms with E-state index in [1.807, 2.05) is 0 Å². The summed E-state index contributed by atoms with van der Waals surface area (Å²) in [5, 5.41) is 11.1. The number of nitrogens with one attached hydrogen (secondary N) is 1. The second-order valence-electron chi connectivity index (χ2n) is 5.68. The molecule has 130 valence electrons. The van der Waals surface area contributed by atoms with E-state index >= 15 is 0 Å². The number of carbonyl (C=O) groups excluding carboxylic acids is 1. The third-order valence-electron chi connectivity index (χ3n) is 4.16. The van der Waals surface area contributed by atoms with E-state index in [1.165, 1.54) is 12.1 Å². The van der Waals surface area contributed by atoms with Gasteiger partial charge in [-0.05, 0) is 30.3 Å². The highest BCUT2D eigenvalue weighted by molar-refractivity contribution is 6.30. The van der Waals surface area contributed by atoms with Crippen molar-refractivity contribution >= 4 is 17.6 Å². The Kier molecular flexibility index (Phi) is 3.66. The van der Waals surface area contributed by atoms with Crippen molar-refractivity contribution < 1.29 is 14.6 Å². The predicted molar refractivity (Wildman–Crippen MR) is 93.0 cm³/mol. The molecule has 3 aromatic rings. The number of fused-ring (bicyclic) bond motifs is 1. The van der Waals surface area contributed by atoms with Crippen molar-refractivity contribution in [3.8, 4) is 11.6 Å². The Morgan fingerprint density at radius 2 is 1.73 bits per heavy atom. The average molecular weight is 371 g/mol. The van der Waals surface area contributed by atoms with Crippen LogP contribution in [0.15, 0.2) is 58.1 Å². The molecule has 7 nitrogen and oxygen atoms in total. The van der Waals surface area contributed by atoms with Crippen molar-refractivity contribution in [3.05, 3.63) is 91.1 Å². The lowest BCUT2D eigenvalue weighted by molar-refractivity contribution is 0.0449. The number of aromatic amines is 1. The summed E-state index contributed by atoms with van der Waals surface area (Å²) < 4.78 is 6.19. The fourth-order valence-corrected chi connectivity index (χ4v) is 3.09. The summed E-state index contributed by atoms with van der Waals surface area (Å²) in [5.41, 5.74) is -0.826. The fraction of sp³-hybridized carbons (Fsp3) is 0.0556. The maximum atomic E-state index is 12.4. The molecule has 1 aliphatic heterocycles. The van der Waals surface area contributed by atoms with Crippen LogP contribution in [0, 0.1) is 0 Å². The summed E-state index contributed by atoms with van der Waals surface area (Å²) in [5.74, 6) is -1.20. The standard InChI is InChI=1S/C18H11ClN2O5/c19-9-5-7-10(8-6-9)21-16(23)13(15(22)20-18(21)25)14-11-3-1-2-4-12(11)17(24)26-14/h1-8,14,23H,(H,20,22,25). The number of cyclic esters (lactones) is 1. The Bertz CT molecular complexity index is 1150. The van der Waals surface area contributed by atoms with Gasteiger partial charge in [-0.15, -0.1) is 0 Å². The number of carbonyl (C=O) groups is 1. The molecule has 2 aromatic carbocycles. The number of hydrogen-bond acceptors (Lipinski definition) is 5. The normalized spacial score (nSPS) is 15.6. The second kappa shape index (κ2) is 5.89. The lowest BCUT2D eigenvalue weighted by Crippen LogP contribution is -2.32. The van der Waals surface area contributed by atoms with Crippen LogP contribution in [0.25, 0.3) is 5.69 Å². The zero-order valence-electron chi connectivity index (χ0n) is 13.1. The predicted octanol–water partition coefficient (Wildman–Crippen LogP) is 2.14. The minimum atomic E-state index is -1.11. The molecule has 0 radical (unpaired) electrons. The SMILES string of the molecule is O=C1OC(c2c(O)n(-c3ccc(Cl)cc3)c(=O)[nH]c2=O)c2ccccc21. The van der Waals surface area contributed by atoms with Crippen molar-refractivity contribution in [2.75, 3.05) is 0 Å². The first kappa shape index (κ1) is 16.2. The number of aromatic nitrogens is 2. The number of hydrogen-bond donors (Lipinski definition) is 2. The summed E-state index contributed by atoms with van der Waals surface area (Å²) in [4.78, 5) is 38.8. The number of aromatic hydroxyl groups is 1. The van der Waals surface area contributed by atoms with Gasteiger partial charge in [0.25, 0.3) is 5.56 Å². The third-order valence-corrected chi connectivity index (χ3v) is 4.41. The number of halogens is 1. The van der Waals surface area contributed by atoms with Gasteiger partial charge in [0, 0.05) is 10.6 Å². The molecule has 1 aromatic heterocycles. The second-order valence-corrected chi connectivity index (χ2v) is 6.12. The number of ether oxygens (including phenoxy) is 1. The molecular formula is C18H11ClN2O5. The Morgan fingerprint density at radius 3 is 2.46 bits per heavy atom. The number of H-pyrrole nitrogens is 1. The van der Waals surface area contributed by atoms with Crippen molar-refractivity contribution in [1.82, 2.24) is 9.55 Å². The molecular weight excluding hydrogens is 360 g/mol. The van der Waals surface area contributed by atoms with Crippen molar-refractivity contribution in [2.45, 2.75) is 6.10 Å². The van der Waals surface area contributed by atoms with Gasteiger partial charge < -0.3 is 9.84 Å². The Hall–Kier alpha value is -3.32. The van der Waals surface area contributed by atoms with Crippen LogP contribution in [0.2, 0.25) is 5.02 Å². The van der Waals surface area contributed by atoms with Crippen LogP contribution >= 0.6 is 11.6 Å². The zero-order valence-corrected chi connectivity index (χ0v) is 13.9. The van der Waals surface area contributed by atoms with Crippen LogP contribution < -0.4 is 11.2 Å². The van der Waals surface area contributed by atoms with Crippen molar-refractivity contribution in [1.29, 1.82) is 0 Å². The van der Waals surface area contributed by atoms with Crippen LogP contribution in [0.5, 0.6) is 5.88 Å². The molecule has 0 saturated heterocycles. The molecule has 1 unspecified atom stereocenters. The summed E-state index contributed by atoms with van der Waals surface area (Å²) in [6.45, 7) is 0. The Labute approximate surface area is 151 Å². The minimum absolute atomic E-state index is 0.224. The van der Waals surface area contributed by atoms with Gasteiger partial charge in [0.05, 0.1) is 11.3 Å². The van der Waals surface area contributed by atoms with Gasteiger partial charge in [0.15, 0.2) is 6.10 Å². The molecule has 0 amide bonds. The zero-order chi connectivity index (χ0) is 18.4. The molecule has 2 N–H and O–H groups in total.